The van der Waals surface area contributed by atoms with Gasteiger partial charge < -0.3 is 10.1 Å². The molecule has 1 atom stereocenters. The van der Waals surface area contributed by atoms with E-state index in [0.29, 0.717) is 29.5 Å². The van der Waals surface area contributed by atoms with Gasteiger partial charge in [0.2, 0.25) is 10.0 Å². The van der Waals surface area contributed by atoms with Crippen molar-refractivity contribution in [3.8, 4) is 5.75 Å². The number of carbonyl (C=O) groups is 1. The molecule has 1 aliphatic heterocycles. The van der Waals surface area contributed by atoms with Crippen molar-refractivity contribution in [3.63, 3.8) is 0 Å². The lowest BCUT2D eigenvalue weighted by atomic mass is 10.3. The fourth-order valence-electron chi connectivity index (χ4n) is 2.89. The molecule has 0 bridgehead atoms. The summed E-state index contributed by atoms with van der Waals surface area (Å²) in [4.78, 5) is 12.4. The van der Waals surface area contributed by atoms with Gasteiger partial charge in [0, 0.05) is 23.8 Å². The number of carbonyl (C=O) groups excluding carboxylic acids is 1. The molecule has 0 radical (unpaired) electrons. The Kier molecular flexibility index (Phi) is 6.50. The number of hydrogen-bond acceptors (Lipinski definition) is 4. The molecule has 1 unspecified atom stereocenters. The maximum Gasteiger partial charge on any atom is 0.265 e. The molecule has 28 heavy (non-hydrogen) atoms. The van der Waals surface area contributed by atoms with E-state index in [4.69, 9.17) is 27.9 Å². The van der Waals surface area contributed by atoms with Crippen LogP contribution in [0.4, 0.5) is 5.69 Å². The SMILES string of the molecule is CC(Oc1cccc(Cl)c1)C(=O)Nc1ccc(Cl)c(S(=O)(=O)N2CCCC2)c1. The predicted octanol–water partition coefficient (Wildman–Crippen LogP) is 4.18. The second kappa shape index (κ2) is 8.69. The highest BCUT2D eigenvalue weighted by molar-refractivity contribution is 7.89. The Labute approximate surface area is 174 Å². The lowest BCUT2D eigenvalue weighted by Crippen LogP contribution is -2.30. The summed E-state index contributed by atoms with van der Waals surface area (Å²) in [6.45, 7) is 2.54. The molecule has 1 fully saturated rings. The molecule has 0 aromatic heterocycles. The molecule has 1 amide bonds. The van der Waals surface area contributed by atoms with Gasteiger partial charge in [-0.3, -0.25) is 4.79 Å². The number of amides is 1. The molecule has 0 aliphatic carbocycles. The van der Waals surface area contributed by atoms with Gasteiger partial charge in [-0.25, -0.2) is 8.42 Å². The highest BCUT2D eigenvalue weighted by Crippen LogP contribution is 2.29. The van der Waals surface area contributed by atoms with Gasteiger partial charge in [-0.2, -0.15) is 4.31 Å². The van der Waals surface area contributed by atoms with Crippen LogP contribution >= 0.6 is 23.2 Å². The van der Waals surface area contributed by atoms with Crippen molar-refractivity contribution in [2.75, 3.05) is 18.4 Å². The maximum absolute atomic E-state index is 12.8. The number of anilines is 1. The van der Waals surface area contributed by atoms with Crippen LogP contribution in [0.1, 0.15) is 19.8 Å². The normalized spacial score (nSPS) is 16.0. The summed E-state index contributed by atoms with van der Waals surface area (Å²) >= 11 is 12.0. The van der Waals surface area contributed by atoms with E-state index >= 15 is 0 Å². The van der Waals surface area contributed by atoms with Crippen molar-refractivity contribution >= 4 is 44.8 Å². The molecule has 1 heterocycles. The number of hydrogen-bond donors (Lipinski definition) is 1. The predicted molar refractivity (Wildman–Crippen MR) is 110 cm³/mol. The Hall–Kier alpha value is -1.80. The van der Waals surface area contributed by atoms with Crippen LogP contribution < -0.4 is 10.1 Å². The Morgan fingerprint density at radius 2 is 1.86 bits per heavy atom. The smallest absolute Gasteiger partial charge is 0.265 e. The Bertz CT molecular complexity index is 976. The first-order valence-electron chi connectivity index (χ1n) is 8.80. The average Bonchev–Trinajstić information content (AvgIpc) is 3.18. The molecule has 3 rings (SSSR count). The van der Waals surface area contributed by atoms with Gasteiger partial charge in [0.25, 0.3) is 5.91 Å². The van der Waals surface area contributed by atoms with E-state index < -0.39 is 22.0 Å². The number of ether oxygens (including phenoxy) is 1. The van der Waals surface area contributed by atoms with E-state index in [9.17, 15) is 13.2 Å². The van der Waals surface area contributed by atoms with E-state index in [1.54, 1.807) is 37.3 Å². The molecule has 2 aromatic carbocycles. The largest absolute Gasteiger partial charge is 0.481 e. The van der Waals surface area contributed by atoms with Crippen molar-refractivity contribution in [2.45, 2.75) is 30.8 Å². The molecular formula is C19H20Cl2N2O4S. The van der Waals surface area contributed by atoms with Crippen LogP contribution in [0, 0.1) is 0 Å². The van der Waals surface area contributed by atoms with Gasteiger partial charge in [0.15, 0.2) is 6.10 Å². The summed E-state index contributed by atoms with van der Waals surface area (Å²) in [7, 11) is -3.70. The second-order valence-corrected chi connectivity index (χ2v) is 9.21. The first-order valence-corrected chi connectivity index (χ1v) is 11.0. The molecule has 0 saturated carbocycles. The topological polar surface area (TPSA) is 75.7 Å². The van der Waals surface area contributed by atoms with E-state index in [1.807, 2.05) is 0 Å². The Morgan fingerprint density at radius 1 is 1.14 bits per heavy atom. The molecule has 2 aromatic rings. The minimum Gasteiger partial charge on any atom is -0.481 e. The lowest BCUT2D eigenvalue weighted by molar-refractivity contribution is -0.122. The monoisotopic (exact) mass is 442 g/mol. The van der Waals surface area contributed by atoms with Crippen molar-refractivity contribution in [3.05, 3.63) is 52.5 Å². The molecule has 0 spiro atoms. The molecule has 1 aliphatic rings. The summed E-state index contributed by atoms with van der Waals surface area (Å²) in [5.41, 5.74) is 0.328. The van der Waals surface area contributed by atoms with Crippen molar-refractivity contribution in [1.82, 2.24) is 4.31 Å². The van der Waals surface area contributed by atoms with Gasteiger partial charge in [0.1, 0.15) is 10.6 Å². The van der Waals surface area contributed by atoms with Gasteiger partial charge in [0.05, 0.1) is 5.02 Å². The van der Waals surface area contributed by atoms with Crippen LogP contribution in [0.2, 0.25) is 10.0 Å². The third-order valence-corrected chi connectivity index (χ3v) is 6.98. The summed E-state index contributed by atoms with van der Waals surface area (Å²) < 4.78 is 32.6. The number of nitrogens with zero attached hydrogens (tertiary/aromatic N) is 1. The zero-order chi connectivity index (χ0) is 20.3. The summed E-state index contributed by atoms with van der Waals surface area (Å²) in [6.07, 6.45) is 0.838. The molecule has 9 heteroatoms. The first kappa shape index (κ1) is 20.9. The van der Waals surface area contributed by atoms with E-state index in [-0.39, 0.29) is 9.92 Å². The van der Waals surface area contributed by atoms with Crippen molar-refractivity contribution in [1.29, 1.82) is 0 Å². The van der Waals surface area contributed by atoms with Gasteiger partial charge in [-0.05, 0) is 56.2 Å². The maximum atomic E-state index is 12.8. The number of nitrogens with one attached hydrogen (secondary N) is 1. The van der Waals surface area contributed by atoms with E-state index in [0.717, 1.165) is 12.8 Å². The average molecular weight is 443 g/mol. The Balaban J connectivity index is 1.74. The van der Waals surface area contributed by atoms with Gasteiger partial charge >= 0.3 is 0 Å². The highest BCUT2D eigenvalue weighted by Gasteiger charge is 2.29. The fourth-order valence-corrected chi connectivity index (χ4v) is 5.09. The summed E-state index contributed by atoms with van der Waals surface area (Å²) in [6, 6.07) is 11.1. The standard InChI is InChI=1S/C19H20Cl2N2O4S/c1-13(27-16-6-4-5-14(20)11-16)19(24)22-15-7-8-17(21)18(12-15)28(25,26)23-9-2-3-10-23/h4-8,11-13H,2-3,9-10H2,1H3,(H,22,24). The van der Waals surface area contributed by atoms with Crippen LogP contribution in [0.3, 0.4) is 0 Å². The third-order valence-electron chi connectivity index (χ3n) is 4.36. The van der Waals surface area contributed by atoms with E-state index in [2.05, 4.69) is 5.32 Å². The summed E-state index contributed by atoms with van der Waals surface area (Å²) in [5, 5.41) is 3.29. The molecular weight excluding hydrogens is 423 g/mol. The fraction of sp³-hybridized carbons (Fsp3) is 0.316. The minimum absolute atomic E-state index is 0.0164. The minimum atomic E-state index is -3.70. The zero-order valence-electron chi connectivity index (χ0n) is 15.2. The second-order valence-electron chi connectivity index (χ2n) is 6.46. The molecule has 1 N–H and O–H groups in total. The quantitative estimate of drug-likeness (QED) is 0.727. The molecule has 6 nitrogen and oxygen atoms in total. The number of benzene rings is 2. The van der Waals surface area contributed by atoms with Gasteiger partial charge in [-0.15, -0.1) is 0 Å². The molecule has 1 saturated heterocycles. The first-order chi connectivity index (χ1) is 13.3. The van der Waals surface area contributed by atoms with Crippen LogP contribution in [0.25, 0.3) is 0 Å². The Morgan fingerprint density at radius 3 is 2.54 bits per heavy atom. The van der Waals surface area contributed by atoms with E-state index in [1.165, 1.54) is 16.4 Å². The van der Waals surface area contributed by atoms with Crippen molar-refractivity contribution < 1.29 is 17.9 Å². The van der Waals surface area contributed by atoms with Crippen LogP contribution in [-0.2, 0) is 14.8 Å². The van der Waals surface area contributed by atoms with Crippen LogP contribution in [0.15, 0.2) is 47.4 Å². The number of halogens is 2. The third kappa shape index (κ3) is 4.78. The van der Waals surface area contributed by atoms with Crippen LogP contribution in [-0.4, -0.2) is 37.8 Å². The van der Waals surface area contributed by atoms with Crippen molar-refractivity contribution in [2.24, 2.45) is 0 Å². The van der Waals surface area contributed by atoms with Gasteiger partial charge in [-0.1, -0.05) is 29.3 Å². The summed E-state index contributed by atoms with van der Waals surface area (Å²) in [5.74, 6) is 0.0374. The lowest BCUT2D eigenvalue weighted by Gasteiger charge is -2.18. The number of rotatable bonds is 6. The number of sulfonamides is 1. The van der Waals surface area contributed by atoms with Crippen LogP contribution in [0.5, 0.6) is 5.75 Å². The zero-order valence-corrected chi connectivity index (χ0v) is 17.5. The molecule has 150 valence electrons. The highest BCUT2D eigenvalue weighted by atomic mass is 35.5.